The fraction of sp³-hybridized carbons (Fsp3) is 1.00. The van der Waals surface area contributed by atoms with Gasteiger partial charge in [0.25, 0.3) is 0 Å². The molecule has 0 aliphatic rings. The molecule has 0 fully saturated rings. The van der Waals surface area contributed by atoms with E-state index in [1.54, 1.807) is 0 Å². The monoisotopic (exact) mass is 78.1 g/mol. The van der Waals surface area contributed by atoms with Crippen molar-refractivity contribution in [3.05, 3.63) is 0 Å². The Bertz CT molecular complexity index is 105. The molecule has 0 saturated heterocycles. The van der Waals surface area contributed by atoms with E-state index >= 15 is 0 Å². The minimum Gasteiger partial charge on any atom is -0.326 e. The Morgan fingerprint density at radius 1 is 2.20 bits per heavy atom. The van der Waals surface area contributed by atoms with E-state index in [0.717, 1.165) is 0 Å². The van der Waals surface area contributed by atoms with Gasteiger partial charge in [-0.25, -0.2) is 0 Å². The highest BCUT2D eigenvalue weighted by Crippen LogP contribution is 1.88. The minimum atomic E-state index is -2.28. The normalized spacial score (nSPS) is 38.2. The average Bonchev–Trinajstić information content (AvgIpc) is 1.84. The minimum absolute atomic E-state index is 0.326. The molecule has 0 rings (SSSR count). The first-order valence-corrected chi connectivity index (χ1v) is 1.35. The molecule has 32 valence electrons. The number of hydrogen-bond acceptors (Lipinski definition) is 1. The summed E-state index contributed by atoms with van der Waals surface area (Å²) in [5.74, 6) is 0. The van der Waals surface area contributed by atoms with Crippen LogP contribution in [-0.2, 0) is 0 Å². The van der Waals surface area contributed by atoms with Crippen LogP contribution in [0.5, 0.6) is 0 Å². The zero-order valence-electron chi connectivity index (χ0n) is 8.21. The highest BCUT2D eigenvalue weighted by Gasteiger charge is 1.95. The second-order valence-corrected chi connectivity index (χ2v) is 1.33. The summed E-state index contributed by atoms with van der Waals surface area (Å²) in [6.07, 6.45) is 0. The summed E-state index contributed by atoms with van der Waals surface area (Å²) in [6, 6.07) is 0. The Labute approximate surface area is 40.3 Å². The van der Waals surface area contributed by atoms with Gasteiger partial charge in [-0.05, 0) is 20.7 Å². The molecule has 0 radical (unpaired) electrons. The van der Waals surface area contributed by atoms with Gasteiger partial charge in [-0.3, -0.25) is 0 Å². The lowest BCUT2D eigenvalue weighted by Crippen LogP contribution is -2.26. The van der Waals surface area contributed by atoms with Gasteiger partial charge in [0.2, 0.25) is 0 Å². The van der Waals surface area contributed by atoms with Crippen molar-refractivity contribution in [1.82, 2.24) is 0 Å². The molecule has 1 unspecified atom stereocenters. The lowest BCUT2D eigenvalue weighted by molar-refractivity contribution is 0.580. The van der Waals surface area contributed by atoms with Gasteiger partial charge in [0.05, 0.1) is 0 Å². The van der Waals surface area contributed by atoms with Gasteiger partial charge >= 0.3 is 0 Å². The molecule has 0 aromatic carbocycles. The zero-order valence-corrected chi connectivity index (χ0v) is 3.21. The fourth-order valence-electron chi connectivity index (χ4n) is 0. The van der Waals surface area contributed by atoms with Gasteiger partial charge in [-0.15, -0.1) is 0 Å². The predicted octanol–water partition coefficient (Wildman–Crippen LogP) is 0.744. The van der Waals surface area contributed by atoms with Crippen LogP contribution in [0.1, 0.15) is 26.2 Å². The lowest BCUT2D eigenvalue weighted by Gasteiger charge is -2.06. The molecule has 0 aliphatic heterocycles. The number of rotatable bonds is 0. The van der Waals surface area contributed by atoms with Crippen molar-refractivity contribution in [2.75, 3.05) is 0 Å². The lowest BCUT2D eigenvalue weighted by atomic mass is 10.1. The van der Waals surface area contributed by atoms with Gasteiger partial charge < -0.3 is 5.73 Å². The van der Waals surface area contributed by atoms with E-state index < -0.39 is 12.4 Å². The van der Waals surface area contributed by atoms with Crippen molar-refractivity contribution in [3.8, 4) is 0 Å². The number of nitrogens with two attached hydrogens (primary N) is 1. The Morgan fingerprint density at radius 2 is 3.00 bits per heavy atom. The Morgan fingerprint density at radius 3 is 3.00 bits per heavy atom. The van der Waals surface area contributed by atoms with Crippen LogP contribution in [-0.4, -0.2) is 5.54 Å². The van der Waals surface area contributed by atoms with Crippen LogP contribution in [0.15, 0.2) is 0 Å². The fourth-order valence-corrected chi connectivity index (χ4v) is 0. The van der Waals surface area contributed by atoms with Crippen LogP contribution in [0.4, 0.5) is 0 Å². The van der Waals surface area contributed by atoms with E-state index in [1.807, 2.05) is 5.73 Å². The summed E-state index contributed by atoms with van der Waals surface area (Å²) in [5.41, 5.74) is 0.472. The van der Waals surface area contributed by atoms with Crippen LogP contribution in [0.25, 0.3) is 0 Å². The molecule has 2 N–H and O–H groups in total. The third kappa shape index (κ3) is 9510. The topological polar surface area (TPSA) is 26.0 Å². The molecule has 5 heavy (non-hydrogen) atoms. The molecule has 1 heteroatoms. The predicted molar refractivity (Wildman–Crippen MR) is 23.9 cm³/mol. The molecule has 0 spiro atoms. The first-order chi connectivity index (χ1) is 4.37. The van der Waals surface area contributed by atoms with Crippen LogP contribution >= 0.6 is 0 Å². The molecular weight excluding hydrogens is 62.1 g/mol. The molecule has 0 aromatic heterocycles. The third-order valence-corrected chi connectivity index (χ3v) is 0. The summed E-state index contributed by atoms with van der Waals surface area (Å²) in [6.45, 7) is -1.27. The highest BCUT2D eigenvalue weighted by atomic mass is 14.7. The van der Waals surface area contributed by atoms with Crippen molar-refractivity contribution in [2.45, 2.75) is 26.2 Å². The van der Waals surface area contributed by atoms with E-state index in [-0.39, 0.29) is 6.90 Å². The van der Waals surface area contributed by atoms with E-state index in [4.69, 9.17) is 6.89 Å². The molecule has 0 heterocycles. The summed E-state index contributed by atoms with van der Waals surface area (Å²) in [4.78, 5) is 0. The van der Waals surface area contributed by atoms with Crippen LogP contribution < -0.4 is 5.73 Å². The van der Waals surface area contributed by atoms with Gasteiger partial charge in [-0.2, -0.15) is 0 Å². The van der Waals surface area contributed by atoms with E-state index in [1.165, 1.54) is 6.92 Å². The smallest absolute Gasteiger partial charge is 0.119 e. The van der Waals surface area contributed by atoms with Gasteiger partial charge in [0.15, 0.2) is 0 Å². The second-order valence-electron chi connectivity index (χ2n) is 1.33. The maximum atomic E-state index is 6.92. The Balaban J connectivity index is 4.33. The van der Waals surface area contributed by atoms with Crippen molar-refractivity contribution in [3.63, 3.8) is 0 Å². The third-order valence-electron chi connectivity index (χ3n) is 0. The summed E-state index contributed by atoms with van der Waals surface area (Å²) in [5, 5.41) is 0. The van der Waals surface area contributed by atoms with Crippen molar-refractivity contribution in [2.24, 2.45) is 5.73 Å². The molecular formula is C4H11N. The summed E-state index contributed by atoms with van der Waals surface area (Å²) in [7, 11) is 0. The zero-order chi connectivity index (χ0) is 8.41. The van der Waals surface area contributed by atoms with Gasteiger partial charge in [0, 0.05) is 11.0 Å². The molecule has 0 bridgehead atoms. The van der Waals surface area contributed by atoms with E-state index in [2.05, 4.69) is 0 Å². The molecule has 0 aliphatic carbocycles. The van der Waals surface area contributed by atoms with Crippen molar-refractivity contribution < 1.29 is 6.89 Å². The van der Waals surface area contributed by atoms with E-state index in [0.29, 0.717) is 0 Å². The highest BCUT2D eigenvalue weighted by molar-refractivity contribution is 4.60. The average molecular weight is 78.2 g/mol. The van der Waals surface area contributed by atoms with Crippen LogP contribution in [0, 0.1) is 0 Å². The largest absolute Gasteiger partial charge is 0.326 e. The van der Waals surface area contributed by atoms with Crippen LogP contribution in [0.3, 0.4) is 0 Å². The Hall–Kier alpha value is -0.0400. The van der Waals surface area contributed by atoms with E-state index in [9.17, 15) is 0 Å². The summed E-state index contributed by atoms with van der Waals surface area (Å²) < 4.78 is 34.3. The van der Waals surface area contributed by atoms with Crippen LogP contribution in [0.2, 0.25) is 1.41 Å². The standard InChI is InChI=1S/C4H11N/c1-4(2,3)5/h5H2,1-3H3/i1D,2D3/hD. The van der Waals surface area contributed by atoms with Gasteiger partial charge in [-0.1, -0.05) is 0 Å². The summed E-state index contributed by atoms with van der Waals surface area (Å²) >= 11 is 0. The molecule has 0 aromatic rings. The molecule has 0 amide bonds. The first kappa shape index (κ1) is 0.969. The molecule has 1 nitrogen and oxygen atoms in total. The maximum Gasteiger partial charge on any atom is 0.119 e. The van der Waals surface area contributed by atoms with Gasteiger partial charge in [0.1, 0.15) is 1.41 Å². The first-order valence-electron chi connectivity index (χ1n) is 4.06. The maximum absolute atomic E-state index is 6.92. The van der Waals surface area contributed by atoms with Crippen molar-refractivity contribution >= 4 is 0 Å². The second kappa shape index (κ2) is 0.977. The quantitative estimate of drug-likeness (QED) is 0.454. The number of hydrogen-bond donors (Lipinski definition) is 1. The molecule has 0 saturated carbocycles. The van der Waals surface area contributed by atoms with Crippen molar-refractivity contribution in [1.29, 1.82) is 0 Å². The molecule has 1 atom stereocenters. The Kier molecular flexibility index (Phi) is 0.189. The SMILES string of the molecule is [2H]CC(C)(N[2H])C([2H])([2H])[2H].